The summed E-state index contributed by atoms with van der Waals surface area (Å²) in [5, 5.41) is 4.31. The number of nitrogens with zero attached hydrogens (tertiary/aromatic N) is 1. The predicted molar refractivity (Wildman–Crippen MR) is 110 cm³/mol. The maximum atomic E-state index is 12.5. The Kier molecular flexibility index (Phi) is 6.59. The van der Waals surface area contributed by atoms with Crippen LogP contribution in [-0.4, -0.2) is 32.7 Å². The van der Waals surface area contributed by atoms with Gasteiger partial charge in [-0.2, -0.15) is 0 Å². The topological polar surface area (TPSA) is 50.7 Å². The van der Waals surface area contributed by atoms with E-state index < -0.39 is 11.6 Å². The van der Waals surface area contributed by atoms with Crippen molar-refractivity contribution in [3.05, 3.63) is 35.9 Å². The van der Waals surface area contributed by atoms with Gasteiger partial charge in [0.25, 0.3) is 0 Å². The largest absolute Gasteiger partial charge is 0.458 e. The van der Waals surface area contributed by atoms with E-state index in [9.17, 15) is 4.79 Å². The first-order chi connectivity index (χ1) is 11.2. The quantitative estimate of drug-likeness (QED) is 0.416. The zero-order chi connectivity index (χ0) is 17.8. The van der Waals surface area contributed by atoms with Crippen LogP contribution >= 0.6 is 34.4 Å². The third-order valence-corrected chi connectivity index (χ3v) is 6.16. The van der Waals surface area contributed by atoms with Gasteiger partial charge in [0.2, 0.25) is 0 Å². The van der Waals surface area contributed by atoms with E-state index in [4.69, 9.17) is 4.74 Å². The molecular weight excluding hydrogens is 435 g/mol. The standard InChI is InChI=1S/C18H25IN2O2S/c1-17(2,3)23-15(22)14-10-18(4,12-19)21-16(20-14)24-11-13-8-6-5-7-9-13/h5-9,14H,10-12H2,1-4H3,(H,20,21)/t14-,18+/m0/s1. The van der Waals surface area contributed by atoms with Gasteiger partial charge in [-0.3, -0.25) is 0 Å². The number of alkyl halides is 1. The molecule has 6 heteroatoms. The average Bonchev–Trinajstić information content (AvgIpc) is 2.52. The third-order valence-electron chi connectivity index (χ3n) is 3.52. The molecule has 1 N–H and O–H groups in total. The molecule has 0 saturated heterocycles. The van der Waals surface area contributed by atoms with Crippen molar-refractivity contribution in [2.24, 2.45) is 4.99 Å². The van der Waals surface area contributed by atoms with Crippen LogP contribution < -0.4 is 5.32 Å². The van der Waals surface area contributed by atoms with Crippen LogP contribution in [0.4, 0.5) is 0 Å². The monoisotopic (exact) mass is 460 g/mol. The lowest BCUT2D eigenvalue weighted by Gasteiger charge is -2.37. The SMILES string of the molecule is CC(C)(C)OC(=O)[C@@H]1C[C@](C)(CI)NC(SCc2ccccc2)=N1. The third kappa shape index (κ3) is 5.95. The molecule has 0 aliphatic carbocycles. The summed E-state index contributed by atoms with van der Waals surface area (Å²) in [6.45, 7) is 7.80. The van der Waals surface area contributed by atoms with E-state index in [1.807, 2.05) is 39.0 Å². The first-order valence-electron chi connectivity index (χ1n) is 8.02. The zero-order valence-electron chi connectivity index (χ0n) is 14.6. The minimum atomic E-state index is -0.491. The second-order valence-corrected chi connectivity index (χ2v) is 9.01. The van der Waals surface area contributed by atoms with Crippen molar-refractivity contribution in [2.45, 2.75) is 57.1 Å². The van der Waals surface area contributed by atoms with Crippen molar-refractivity contribution in [3.8, 4) is 0 Å². The fourth-order valence-corrected chi connectivity index (χ4v) is 3.87. The van der Waals surface area contributed by atoms with Crippen LogP contribution in [-0.2, 0) is 15.3 Å². The first kappa shape index (κ1) is 19.6. The number of benzene rings is 1. The van der Waals surface area contributed by atoms with Crippen LogP contribution in [0.5, 0.6) is 0 Å². The molecule has 1 aromatic carbocycles. The Morgan fingerprint density at radius 1 is 1.42 bits per heavy atom. The summed E-state index contributed by atoms with van der Waals surface area (Å²) >= 11 is 3.99. The molecule has 1 aromatic rings. The van der Waals surface area contributed by atoms with Crippen molar-refractivity contribution in [1.29, 1.82) is 0 Å². The average molecular weight is 460 g/mol. The smallest absolute Gasteiger partial charge is 0.331 e. The van der Waals surface area contributed by atoms with Gasteiger partial charge in [0.15, 0.2) is 11.2 Å². The number of nitrogens with one attached hydrogen (secondary N) is 1. The summed E-state index contributed by atoms with van der Waals surface area (Å²) in [7, 11) is 0. The van der Waals surface area contributed by atoms with Crippen LogP contribution in [0, 0.1) is 0 Å². The summed E-state index contributed by atoms with van der Waals surface area (Å²) in [6.07, 6.45) is 0.653. The molecule has 132 valence electrons. The van der Waals surface area contributed by atoms with E-state index >= 15 is 0 Å². The number of aliphatic imine (C=N–C) groups is 1. The number of amidine groups is 1. The number of hydrogen-bond acceptors (Lipinski definition) is 5. The van der Waals surface area contributed by atoms with Gasteiger partial charge in [0.1, 0.15) is 5.60 Å². The van der Waals surface area contributed by atoms with Crippen LogP contribution in [0.3, 0.4) is 0 Å². The lowest BCUT2D eigenvalue weighted by atomic mass is 9.94. The Labute approximate surface area is 162 Å². The van der Waals surface area contributed by atoms with Crippen molar-refractivity contribution in [1.82, 2.24) is 5.32 Å². The molecule has 1 heterocycles. The molecule has 0 unspecified atom stereocenters. The summed E-state index contributed by atoms with van der Waals surface area (Å²) in [5.74, 6) is 0.586. The normalized spacial score (nSPS) is 24.0. The molecule has 1 aliphatic rings. The molecule has 0 amide bonds. The minimum absolute atomic E-state index is 0.150. The lowest BCUT2D eigenvalue weighted by molar-refractivity contribution is -0.157. The molecule has 4 nitrogen and oxygen atoms in total. The number of carbonyl (C=O) groups is 1. The van der Waals surface area contributed by atoms with Crippen molar-refractivity contribution >= 4 is 45.5 Å². The molecule has 24 heavy (non-hydrogen) atoms. The van der Waals surface area contributed by atoms with Crippen LogP contribution in [0.25, 0.3) is 0 Å². The maximum absolute atomic E-state index is 12.5. The fraction of sp³-hybridized carbons (Fsp3) is 0.556. The number of esters is 1. The van der Waals surface area contributed by atoms with Gasteiger partial charge in [0.05, 0.1) is 0 Å². The van der Waals surface area contributed by atoms with Gasteiger partial charge in [-0.15, -0.1) is 0 Å². The number of ether oxygens (including phenoxy) is 1. The van der Waals surface area contributed by atoms with Crippen LogP contribution in [0.2, 0.25) is 0 Å². The van der Waals surface area contributed by atoms with Gasteiger partial charge < -0.3 is 10.1 Å². The predicted octanol–water partition coefficient (Wildman–Crippen LogP) is 4.17. The Hall–Kier alpha value is -0.760. The molecule has 0 radical (unpaired) electrons. The number of hydrogen-bond donors (Lipinski definition) is 1. The molecule has 0 spiro atoms. The van der Waals surface area contributed by atoms with Gasteiger partial charge in [-0.05, 0) is 33.3 Å². The molecule has 2 rings (SSSR count). The van der Waals surface area contributed by atoms with Gasteiger partial charge in [0, 0.05) is 22.1 Å². The van der Waals surface area contributed by atoms with Gasteiger partial charge >= 0.3 is 5.97 Å². The van der Waals surface area contributed by atoms with Crippen LogP contribution in [0.15, 0.2) is 35.3 Å². The zero-order valence-corrected chi connectivity index (χ0v) is 17.6. The van der Waals surface area contributed by atoms with Crippen LogP contribution in [0.1, 0.15) is 39.7 Å². The Bertz CT molecular complexity index is 601. The van der Waals surface area contributed by atoms with E-state index in [2.05, 4.69) is 52.0 Å². The highest BCUT2D eigenvalue weighted by Crippen LogP contribution is 2.27. The van der Waals surface area contributed by atoms with E-state index in [1.54, 1.807) is 11.8 Å². The van der Waals surface area contributed by atoms with E-state index in [-0.39, 0.29) is 11.5 Å². The fourth-order valence-electron chi connectivity index (χ4n) is 2.35. The van der Waals surface area contributed by atoms with Crippen molar-refractivity contribution < 1.29 is 9.53 Å². The molecule has 0 bridgehead atoms. The summed E-state index contributed by atoms with van der Waals surface area (Å²) in [4.78, 5) is 17.1. The van der Waals surface area contributed by atoms with Gasteiger partial charge in [-0.1, -0.05) is 64.7 Å². The van der Waals surface area contributed by atoms with E-state index in [0.29, 0.717) is 6.42 Å². The summed E-state index contributed by atoms with van der Waals surface area (Å²) in [6, 6.07) is 9.83. The molecule has 0 saturated carbocycles. The highest BCUT2D eigenvalue weighted by atomic mass is 127. The van der Waals surface area contributed by atoms with Crippen molar-refractivity contribution in [3.63, 3.8) is 0 Å². The Balaban J connectivity index is 2.10. The van der Waals surface area contributed by atoms with Crippen molar-refractivity contribution in [2.75, 3.05) is 4.43 Å². The van der Waals surface area contributed by atoms with E-state index in [0.717, 1.165) is 15.3 Å². The molecule has 0 fully saturated rings. The second-order valence-electron chi connectivity index (χ2n) is 7.28. The molecular formula is C18H25IN2O2S. The maximum Gasteiger partial charge on any atom is 0.331 e. The summed E-state index contributed by atoms with van der Waals surface area (Å²) in [5.41, 5.74) is 0.598. The highest BCUT2D eigenvalue weighted by molar-refractivity contribution is 14.1. The number of rotatable bonds is 4. The first-order valence-corrected chi connectivity index (χ1v) is 10.5. The minimum Gasteiger partial charge on any atom is -0.458 e. The Morgan fingerprint density at radius 2 is 2.08 bits per heavy atom. The van der Waals surface area contributed by atoms with E-state index in [1.165, 1.54) is 5.56 Å². The Morgan fingerprint density at radius 3 is 2.67 bits per heavy atom. The second kappa shape index (κ2) is 8.08. The molecule has 2 atom stereocenters. The molecule has 0 aromatic heterocycles. The molecule has 1 aliphatic heterocycles. The number of thioether (sulfide) groups is 1. The highest BCUT2D eigenvalue weighted by Gasteiger charge is 2.37. The lowest BCUT2D eigenvalue weighted by Crippen LogP contribution is -2.54. The number of halogens is 1. The van der Waals surface area contributed by atoms with Gasteiger partial charge in [-0.25, -0.2) is 9.79 Å². The number of carbonyl (C=O) groups excluding carboxylic acids is 1. The summed E-state index contributed by atoms with van der Waals surface area (Å²) < 4.78 is 6.44.